The van der Waals surface area contributed by atoms with Gasteiger partial charge in [0.25, 0.3) is 15.9 Å². The molecule has 1 amide bonds. The van der Waals surface area contributed by atoms with E-state index in [2.05, 4.69) is 15.9 Å². The number of benzene rings is 1. The maximum Gasteiger partial charge on any atom is 0.268 e. The molecule has 6 heteroatoms. The maximum atomic E-state index is 11.6. The van der Waals surface area contributed by atoms with E-state index in [4.69, 9.17) is 0 Å². The van der Waals surface area contributed by atoms with Crippen molar-refractivity contribution in [2.45, 2.75) is 4.90 Å². The van der Waals surface area contributed by atoms with Gasteiger partial charge in [-0.2, -0.15) is 0 Å². The zero-order chi connectivity index (χ0) is 10.5. The molecule has 0 aromatic heterocycles. The van der Waals surface area contributed by atoms with Crippen LogP contribution in [-0.2, 0) is 10.0 Å². The van der Waals surface area contributed by atoms with Gasteiger partial charge in [0, 0.05) is 11.5 Å². The maximum absolute atomic E-state index is 11.6. The summed E-state index contributed by atoms with van der Waals surface area (Å²) in [6.45, 7) is 0. The van der Waals surface area contributed by atoms with Gasteiger partial charge in [0.15, 0.2) is 0 Å². The van der Waals surface area contributed by atoms with Crippen molar-refractivity contribution in [1.29, 1.82) is 0 Å². The van der Waals surface area contributed by atoms with Gasteiger partial charge in [-0.05, 0) is 18.2 Å². The third-order valence-corrected chi connectivity index (χ3v) is 4.39. The molecule has 0 N–H and O–H groups in total. The van der Waals surface area contributed by atoms with Crippen LogP contribution in [0.15, 0.2) is 27.6 Å². The van der Waals surface area contributed by atoms with Crippen LogP contribution in [0, 0.1) is 0 Å². The molecule has 0 bridgehead atoms. The standard InChI is InChI=1S/C8H6BrNO3S/c1-10-8(11)6-4-5(9)2-3-7(6)14(10,12)13/h2-4H,1H3. The second kappa shape index (κ2) is 2.80. The van der Waals surface area contributed by atoms with Gasteiger partial charge in [-0.3, -0.25) is 4.79 Å². The van der Waals surface area contributed by atoms with Crippen LogP contribution in [0.5, 0.6) is 0 Å². The monoisotopic (exact) mass is 275 g/mol. The highest BCUT2D eigenvalue weighted by Crippen LogP contribution is 2.30. The first-order valence-electron chi connectivity index (χ1n) is 3.77. The van der Waals surface area contributed by atoms with Gasteiger partial charge in [-0.15, -0.1) is 0 Å². The molecule has 0 atom stereocenters. The van der Waals surface area contributed by atoms with E-state index in [1.807, 2.05) is 0 Å². The highest BCUT2D eigenvalue weighted by molar-refractivity contribution is 9.10. The summed E-state index contributed by atoms with van der Waals surface area (Å²) in [5, 5.41) is 0. The molecule has 0 radical (unpaired) electrons. The molecule has 0 saturated heterocycles. The highest BCUT2D eigenvalue weighted by Gasteiger charge is 2.38. The Balaban J connectivity index is 2.81. The summed E-state index contributed by atoms with van der Waals surface area (Å²) in [5.74, 6) is -0.485. The summed E-state index contributed by atoms with van der Waals surface area (Å²) in [6.07, 6.45) is 0. The van der Waals surface area contributed by atoms with E-state index < -0.39 is 15.9 Å². The number of hydrogen-bond acceptors (Lipinski definition) is 3. The molecular weight excluding hydrogens is 270 g/mol. The zero-order valence-electron chi connectivity index (χ0n) is 7.19. The average Bonchev–Trinajstić information content (AvgIpc) is 2.28. The molecule has 1 aliphatic rings. The Hall–Kier alpha value is -0.880. The molecule has 1 heterocycles. The summed E-state index contributed by atoms with van der Waals surface area (Å²) < 4.78 is 24.6. The van der Waals surface area contributed by atoms with Crippen LogP contribution >= 0.6 is 15.9 Å². The van der Waals surface area contributed by atoms with Crippen LogP contribution in [0.2, 0.25) is 0 Å². The predicted octanol–water partition coefficient (Wildman–Crippen LogP) is 1.22. The zero-order valence-corrected chi connectivity index (χ0v) is 9.59. The Kier molecular flexibility index (Phi) is 1.94. The lowest BCUT2D eigenvalue weighted by Gasteiger charge is -2.05. The number of fused-ring (bicyclic) bond motifs is 1. The van der Waals surface area contributed by atoms with Gasteiger partial charge in [0.2, 0.25) is 0 Å². The molecule has 0 unspecified atom stereocenters. The first kappa shape index (κ1) is 9.67. The van der Waals surface area contributed by atoms with E-state index in [1.165, 1.54) is 19.2 Å². The van der Waals surface area contributed by atoms with Crippen LogP contribution in [-0.4, -0.2) is 25.7 Å². The van der Waals surface area contributed by atoms with Crippen LogP contribution in [0.25, 0.3) is 0 Å². The van der Waals surface area contributed by atoms with Crippen LogP contribution < -0.4 is 0 Å². The first-order chi connectivity index (χ1) is 6.44. The summed E-state index contributed by atoms with van der Waals surface area (Å²) >= 11 is 3.18. The number of hydrogen-bond donors (Lipinski definition) is 0. The normalized spacial score (nSPS) is 18.4. The number of nitrogens with zero attached hydrogens (tertiary/aromatic N) is 1. The van der Waals surface area contributed by atoms with E-state index in [-0.39, 0.29) is 10.5 Å². The fourth-order valence-electron chi connectivity index (χ4n) is 1.32. The molecule has 74 valence electrons. The lowest BCUT2D eigenvalue weighted by molar-refractivity contribution is 0.0891. The van der Waals surface area contributed by atoms with Crippen molar-refractivity contribution in [3.63, 3.8) is 0 Å². The summed E-state index contributed by atoms with van der Waals surface area (Å²) in [6, 6.07) is 4.54. The predicted molar refractivity (Wildman–Crippen MR) is 53.4 cm³/mol. The Morgan fingerprint density at radius 2 is 2.00 bits per heavy atom. The van der Waals surface area contributed by atoms with Gasteiger partial charge in [-0.25, -0.2) is 12.7 Å². The van der Waals surface area contributed by atoms with E-state index in [0.717, 1.165) is 4.31 Å². The van der Waals surface area contributed by atoms with E-state index in [9.17, 15) is 13.2 Å². The van der Waals surface area contributed by atoms with Crippen LogP contribution in [0.3, 0.4) is 0 Å². The lowest BCUT2D eigenvalue weighted by Crippen LogP contribution is -2.24. The molecule has 0 fully saturated rings. The largest absolute Gasteiger partial charge is 0.268 e. The van der Waals surface area contributed by atoms with Crippen molar-refractivity contribution >= 4 is 31.9 Å². The van der Waals surface area contributed by atoms with E-state index >= 15 is 0 Å². The molecule has 1 aromatic rings. The number of rotatable bonds is 0. The third-order valence-electron chi connectivity index (χ3n) is 2.10. The summed E-state index contributed by atoms with van der Waals surface area (Å²) in [4.78, 5) is 11.6. The third kappa shape index (κ3) is 1.10. The van der Waals surface area contributed by atoms with Gasteiger partial charge >= 0.3 is 0 Å². The Bertz CT molecular complexity index is 523. The average molecular weight is 276 g/mol. The number of carbonyl (C=O) groups excluding carboxylic acids is 1. The van der Waals surface area contributed by atoms with Crippen LogP contribution in [0.4, 0.5) is 0 Å². The number of halogens is 1. The van der Waals surface area contributed by atoms with Crippen LogP contribution in [0.1, 0.15) is 10.4 Å². The fraction of sp³-hybridized carbons (Fsp3) is 0.125. The van der Waals surface area contributed by atoms with Gasteiger partial charge in [-0.1, -0.05) is 15.9 Å². The number of carbonyl (C=O) groups is 1. The fourth-order valence-corrected chi connectivity index (χ4v) is 2.96. The Morgan fingerprint density at radius 3 is 2.64 bits per heavy atom. The molecule has 0 spiro atoms. The van der Waals surface area contributed by atoms with Crippen molar-refractivity contribution in [1.82, 2.24) is 4.31 Å². The number of amides is 1. The van der Waals surface area contributed by atoms with E-state index in [1.54, 1.807) is 6.07 Å². The molecular formula is C8H6BrNO3S. The van der Waals surface area contributed by atoms with Crippen molar-refractivity contribution in [2.75, 3.05) is 7.05 Å². The molecule has 2 rings (SSSR count). The highest BCUT2D eigenvalue weighted by atomic mass is 79.9. The number of sulfonamides is 1. The summed E-state index contributed by atoms with van der Waals surface area (Å²) in [5.41, 5.74) is 0.224. The second-order valence-corrected chi connectivity index (χ2v) is 5.77. The minimum Gasteiger partial charge on any atom is -0.268 e. The van der Waals surface area contributed by atoms with Crippen molar-refractivity contribution in [3.05, 3.63) is 28.2 Å². The van der Waals surface area contributed by atoms with Gasteiger partial charge in [0.05, 0.1) is 5.56 Å². The molecule has 1 aliphatic heterocycles. The Morgan fingerprint density at radius 1 is 1.36 bits per heavy atom. The van der Waals surface area contributed by atoms with E-state index in [0.29, 0.717) is 4.47 Å². The molecule has 14 heavy (non-hydrogen) atoms. The van der Waals surface area contributed by atoms with Gasteiger partial charge < -0.3 is 0 Å². The topological polar surface area (TPSA) is 54.5 Å². The molecule has 0 aliphatic carbocycles. The summed E-state index contributed by atoms with van der Waals surface area (Å²) in [7, 11) is -2.33. The second-order valence-electron chi connectivity index (χ2n) is 2.92. The Labute approximate surface area is 89.7 Å². The first-order valence-corrected chi connectivity index (χ1v) is 6.01. The van der Waals surface area contributed by atoms with Crippen molar-refractivity contribution < 1.29 is 13.2 Å². The molecule has 0 saturated carbocycles. The minimum atomic E-state index is -3.59. The van der Waals surface area contributed by atoms with Crippen molar-refractivity contribution in [2.24, 2.45) is 0 Å². The van der Waals surface area contributed by atoms with Gasteiger partial charge in [0.1, 0.15) is 4.90 Å². The smallest absolute Gasteiger partial charge is 0.268 e. The minimum absolute atomic E-state index is 0.0770. The quantitative estimate of drug-likeness (QED) is 0.716. The lowest BCUT2D eigenvalue weighted by atomic mass is 10.2. The SMILES string of the molecule is CN1C(=O)c2cc(Br)ccc2S1(=O)=O. The van der Waals surface area contributed by atoms with Crippen molar-refractivity contribution in [3.8, 4) is 0 Å². The molecule has 4 nitrogen and oxygen atoms in total. The molecule has 1 aromatic carbocycles.